The van der Waals surface area contributed by atoms with E-state index in [4.69, 9.17) is 0 Å². The first-order valence-corrected chi connectivity index (χ1v) is 10.3. The van der Waals surface area contributed by atoms with E-state index in [-0.39, 0.29) is 5.82 Å². The highest BCUT2D eigenvalue weighted by Crippen LogP contribution is 2.23. The Morgan fingerprint density at radius 1 is 0.963 bits per heavy atom. The third-order valence-electron chi connectivity index (χ3n) is 6.40. The van der Waals surface area contributed by atoms with Gasteiger partial charge in [-0.1, -0.05) is 0 Å². The lowest BCUT2D eigenvalue weighted by Crippen LogP contribution is -2.62. The van der Waals surface area contributed by atoms with E-state index >= 15 is 0 Å². The fraction of sp³-hybridized carbons (Fsp3) is 0.571. The van der Waals surface area contributed by atoms with Gasteiger partial charge in [-0.2, -0.15) is 0 Å². The fourth-order valence-electron chi connectivity index (χ4n) is 4.73. The molecule has 1 aromatic carbocycles. The summed E-state index contributed by atoms with van der Waals surface area (Å²) in [5.41, 5.74) is 2.53. The summed E-state index contributed by atoms with van der Waals surface area (Å²) in [6.45, 7) is 8.76. The van der Waals surface area contributed by atoms with Gasteiger partial charge in [-0.3, -0.25) is 9.80 Å². The Kier molecular flexibility index (Phi) is 4.61. The number of likely N-dealkylation sites (tertiary alicyclic amines) is 1. The molecule has 3 aliphatic heterocycles. The smallest absolute Gasteiger partial charge is 0.123 e. The number of nitrogens with zero attached hydrogens (tertiary/aromatic N) is 5. The number of halogens is 1. The van der Waals surface area contributed by atoms with Gasteiger partial charge in [-0.05, 0) is 37.1 Å². The van der Waals surface area contributed by atoms with E-state index in [1.165, 1.54) is 24.4 Å². The number of hydrogen-bond acceptors (Lipinski definition) is 4. The van der Waals surface area contributed by atoms with Crippen molar-refractivity contribution in [1.29, 1.82) is 0 Å². The molecule has 2 fully saturated rings. The summed E-state index contributed by atoms with van der Waals surface area (Å²) >= 11 is 0. The Balaban J connectivity index is 1.10. The molecule has 4 heterocycles. The average Bonchev–Trinajstić information content (AvgIpc) is 3.08. The number of aromatic nitrogens is 2. The zero-order chi connectivity index (χ0) is 18.2. The highest BCUT2D eigenvalue weighted by Gasteiger charge is 2.34. The minimum absolute atomic E-state index is 0.161. The van der Waals surface area contributed by atoms with Crippen molar-refractivity contribution in [2.75, 3.05) is 44.2 Å². The van der Waals surface area contributed by atoms with Crippen molar-refractivity contribution in [3.8, 4) is 0 Å². The molecule has 2 saturated heterocycles. The van der Waals surface area contributed by atoms with Gasteiger partial charge in [0.1, 0.15) is 11.6 Å². The third-order valence-corrected chi connectivity index (χ3v) is 6.40. The Morgan fingerprint density at radius 3 is 2.52 bits per heavy atom. The van der Waals surface area contributed by atoms with Crippen LogP contribution in [-0.4, -0.2) is 64.7 Å². The molecule has 144 valence electrons. The Bertz CT molecular complexity index is 772. The molecule has 1 aromatic heterocycles. The number of imidazole rings is 1. The topological polar surface area (TPSA) is 27.5 Å². The summed E-state index contributed by atoms with van der Waals surface area (Å²) in [5, 5.41) is 0. The van der Waals surface area contributed by atoms with Gasteiger partial charge in [0.05, 0.1) is 5.69 Å². The molecular formula is C21H28FN5. The molecule has 0 amide bonds. The van der Waals surface area contributed by atoms with Crippen LogP contribution in [0.25, 0.3) is 0 Å². The molecular weight excluding hydrogens is 341 g/mol. The van der Waals surface area contributed by atoms with Crippen LogP contribution in [0.5, 0.6) is 0 Å². The lowest BCUT2D eigenvalue weighted by molar-refractivity contribution is 0.0241. The van der Waals surface area contributed by atoms with Gasteiger partial charge in [0.2, 0.25) is 0 Å². The first-order valence-electron chi connectivity index (χ1n) is 10.3. The Labute approximate surface area is 160 Å². The zero-order valence-electron chi connectivity index (χ0n) is 15.9. The van der Waals surface area contributed by atoms with E-state index in [1.54, 1.807) is 12.1 Å². The van der Waals surface area contributed by atoms with Crippen molar-refractivity contribution in [2.45, 2.75) is 38.4 Å². The molecule has 3 aliphatic rings. The highest BCUT2D eigenvalue weighted by molar-refractivity contribution is 5.46. The van der Waals surface area contributed by atoms with Crippen LogP contribution in [0.15, 0.2) is 30.5 Å². The lowest BCUT2D eigenvalue weighted by atomic mass is 10.1. The van der Waals surface area contributed by atoms with Gasteiger partial charge < -0.3 is 9.47 Å². The minimum Gasteiger partial charge on any atom is -0.369 e. The molecule has 0 N–H and O–H groups in total. The maximum absolute atomic E-state index is 13.1. The quantitative estimate of drug-likeness (QED) is 0.827. The molecule has 5 nitrogen and oxygen atoms in total. The van der Waals surface area contributed by atoms with Crippen molar-refractivity contribution in [3.63, 3.8) is 0 Å². The molecule has 5 rings (SSSR count). The standard InChI is InChI=1S/C21H28FN5/c22-17-4-6-18(7-5-17)25-9-11-26(12-10-25)20-15-24(16-20)14-19-13-23-21-3-1-2-8-27(19)21/h4-7,13,20H,1-3,8-12,14-16H2. The minimum atomic E-state index is -0.161. The Hall–Kier alpha value is -1.92. The van der Waals surface area contributed by atoms with Gasteiger partial charge in [0, 0.05) is 76.7 Å². The average molecular weight is 369 g/mol. The van der Waals surface area contributed by atoms with E-state index in [2.05, 4.69) is 30.4 Å². The van der Waals surface area contributed by atoms with Crippen molar-refractivity contribution in [1.82, 2.24) is 19.4 Å². The summed E-state index contributed by atoms with van der Waals surface area (Å²) < 4.78 is 15.5. The van der Waals surface area contributed by atoms with E-state index in [1.807, 2.05) is 12.1 Å². The Morgan fingerprint density at radius 2 is 1.74 bits per heavy atom. The molecule has 6 heteroatoms. The first kappa shape index (κ1) is 17.2. The van der Waals surface area contributed by atoms with Crippen LogP contribution in [0.4, 0.5) is 10.1 Å². The number of fused-ring (bicyclic) bond motifs is 1. The van der Waals surface area contributed by atoms with Crippen molar-refractivity contribution in [3.05, 3.63) is 47.8 Å². The second-order valence-electron chi connectivity index (χ2n) is 8.12. The maximum Gasteiger partial charge on any atom is 0.123 e. The normalized spacial score (nSPS) is 21.9. The summed E-state index contributed by atoms with van der Waals surface area (Å²) in [6, 6.07) is 7.58. The van der Waals surface area contributed by atoms with Gasteiger partial charge in [0.15, 0.2) is 0 Å². The number of piperazine rings is 1. The zero-order valence-corrected chi connectivity index (χ0v) is 15.9. The lowest BCUT2D eigenvalue weighted by Gasteiger charge is -2.48. The van der Waals surface area contributed by atoms with Crippen LogP contribution >= 0.6 is 0 Å². The van der Waals surface area contributed by atoms with Crippen LogP contribution in [-0.2, 0) is 19.5 Å². The van der Waals surface area contributed by atoms with Crippen LogP contribution in [0.2, 0.25) is 0 Å². The number of rotatable bonds is 4. The predicted octanol–water partition coefficient (Wildman–Crippen LogP) is 2.36. The molecule has 0 atom stereocenters. The molecule has 0 saturated carbocycles. The third kappa shape index (κ3) is 3.48. The fourth-order valence-corrected chi connectivity index (χ4v) is 4.73. The van der Waals surface area contributed by atoms with E-state index in [0.717, 1.165) is 64.5 Å². The molecule has 0 aliphatic carbocycles. The maximum atomic E-state index is 13.1. The van der Waals surface area contributed by atoms with Crippen LogP contribution in [0, 0.1) is 5.82 Å². The molecule has 0 spiro atoms. The monoisotopic (exact) mass is 369 g/mol. The highest BCUT2D eigenvalue weighted by atomic mass is 19.1. The number of benzene rings is 1. The summed E-state index contributed by atoms with van der Waals surface area (Å²) in [6.07, 6.45) is 5.81. The van der Waals surface area contributed by atoms with Crippen molar-refractivity contribution in [2.24, 2.45) is 0 Å². The van der Waals surface area contributed by atoms with Gasteiger partial charge in [0.25, 0.3) is 0 Å². The van der Waals surface area contributed by atoms with Crippen molar-refractivity contribution < 1.29 is 4.39 Å². The summed E-state index contributed by atoms with van der Waals surface area (Å²) in [4.78, 5) is 12.2. The summed E-state index contributed by atoms with van der Waals surface area (Å²) in [5.74, 6) is 1.12. The number of anilines is 1. The first-order chi connectivity index (χ1) is 13.3. The number of hydrogen-bond donors (Lipinski definition) is 0. The second kappa shape index (κ2) is 7.24. The molecule has 27 heavy (non-hydrogen) atoms. The molecule has 0 radical (unpaired) electrons. The number of aryl methyl sites for hydroxylation is 1. The van der Waals surface area contributed by atoms with E-state index in [0.29, 0.717) is 6.04 Å². The van der Waals surface area contributed by atoms with Crippen molar-refractivity contribution >= 4 is 5.69 Å². The van der Waals surface area contributed by atoms with E-state index < -0.39 is 0 Å². The predicted molar refractivity (Wildman–Crippen MR) is 104 cm³/mol. The second-order valence-corrected chi connectivity index (χ2v) is 8.12. The molecule has 0 unspecified atom stereocenters. The van der Waals surface area contributed by atoms with Crippen LogP contribution < -0.4 is 4.90 Å². The van der Waals surface area contributed by atoms with Crippen LogP contribution in [0.3, 0.4) is 0 Å². The van der Waals surface area contributed by atoms with Crippen LogP contribution in [0.1, 0.15) is 24.4 Å². The van der Waals surface area contributed by atoms with Gasteiger partial charge >= 0.3 is 0 Å². The largest absolute Gasteiger partial charge is 0.369 e. The van der Waals surface area contributed by atoms with E-state index in [9.17, 15) is 4.39 Å². The molecule has 2 aromatic rings. The van der Waals surface area contributed by atoms with Gasteiger partial charge in [-0.25, -0.2) is 9.37 Å². The summed E-state index contributed by atoms with van der Waals surface area (Å²) in [7, 11) is 0. The van der Waals surface area contributed by atoms with Gasteiger partial charge in [-0.15, -0.1) is 0 Å². The SMILES string of the molecule is Fc1ccc(N2CCN(C3CN(Cc4cnc5n4CCCC5)C3)CC2)cc1. The molecule has 0 bridgehead atoms.